The van der Waals surface area contributed by atoms with Crippen LogP contribution in [-0.2, 0) is 11.2 Å². The summed E-state index contributed by atoms with van der Waals surface area (Å²) in [6.45, 7) is 3.99. The van der Waals surface area contributed by atoms with Gasteiger partial charge in [-0.3, -0.25) is 14.3 Å². The molecule has 1 aromatic carbocycles. The van der Waals surface area contributed by atoms with Gasteiger partial charge in [-0.25, -0.2) is 9.97 Å². The van der Waals surface area contributed by atoms with Gasteiger partial charge in [0.2, 0.25) is 0 Å². The lowest BCUT2D eigenvalue weighted by molar-refractivity contribution is 0.0831. The van der Waals surface area contributed by atoms with Gasteiger partial charge in [0.1, 0.15) is 11.6 Å². The fraction of sp³-hybridized carbons (Fsp3) is 0.375. The Kier molecular flexibility index (Phi) is 4.51. The summed E-state index contributed by atoms with van der Waals surface area (Å²) in [5.41, 5.74) is 4.91. The lowest BCUT2D eigenvalue weighted by atomic mass is 9.98. The number of carbonyl (C=O) groups excluding carboxylic acids is 1. The van der Waals surface area contributed by atoms with E-state index in [1.807, 2.05) is 31.2 Å². The number of fused-ring (bicyclic) bond motifs is 4. The first-order chi connectivity index (χ1) is 15.6. The number of nitrogens with zero attached hydrogens (tertiary/aromatic N) is 4. The molecule has 3 aromatic rings. The number of hydrogen-bond donors (Lipinski definition) is 2. The molecule has 2 aromatic heterocycles. The zero-order valence-corrected chi connectivity index (χ0v) is 17.9. The average molecular weight is 431 g/mol. The van der Waals surface area contributed by atoms with Gasteiger partial charge in [0.05, 0.1) is 23.3 Å². The first kappa shape index (κ1) is 19.5. The summed E-state index contributed by atoms with van der Waals surface area (Å²) in [7, 11) is 0. The van der Waals surface area contributed by atoms with Crippen LogP contribution in [0.4, 0.5) is 11.5 Å². The number of pyridine rings is 1. The predicted octanol–water partition coefficient (Wildman–Crippen LogP) is 3.09. The van der Waals surface area contributed by atoms with E-state index in [4.69, 9.17) is 4.74 Å². The molecule has 1 unspecified atom stereocenters. The molecule has 1 atom stereocenters. The van der Waals surface area contributed by atoms with E-state index in [9.17, 15) is 9.90 Å². The second-order valence-corrected chi connectivity index (χ2v) is 8.64. The number of imidazole rings is 1. The summed E-state index contributed by atoms with van der Waals surface area (Å²) >= 11 is 0. The summed E-state index contributed by atoms with van der Waals surface area (Å²) in [6.07, 6.45) is 5.20. The van der Waals surface area contributed by atoms with E-state index in [-0.39, 0.29) is 11.8 Å². The highest BCUT2D eigenvalue weighted by atomic mass is 16.5. The van der Waals surface area contributed by atoms with Crippen molar-refractivity contribution in [3.8, 4) is 5.69 Å². The number of rotatable bonds is 2. The Morgan fingerprint density at radius 1 is 1.22 bits per heavy atom. The van der Waals surface area contributed by atoms with Crippen molar-refractivity contribution >= 4 is 17.4 Å². The van der Waals surface area contributed by atoms with Crippen molar-refractivity contribution in [1.29, 1.82) is 0 Å². The number of aromatic nitrogens is 3. The standard InChI is InChI=1S/C24H25N5O3/c1-14-17(24(31)28-10-6-15-3-2-9-25-21(15)28)4-5-18-20(14)27-23(30)19-13-26-22(29(18)19)16-7-11-32-12-8-16/h2-5,9,13,16,23,27,30H,6-8,10-12H2,1H3. The van der Waals surface area contributed by atoms with Gasteiger partial charge in [0.15, 0.2) is 6.23 Å². The average Bonchev–Trinajstić information content (AvgIpc) is 3.46. The Labute approximate surface area is 185 Å². The van der Waals surface area contributed by atoms with Crippen molar-refractivity contribution in [1.82, 2.24) is 14.5 Å². The minimum absolute atomic E-state index is 0.0693. The zero-order valence-electron chi connectivity index (χ0n) is 17.9. The molecule has 1 amide bonds. The van der Waals surface area contributed by atoms with Crippen LogP contribution in [0, 0.1) is 6.92 Å². The lowest BCUT2D eigenvalue weighted by Crippen LogP contribution is -2.31. The van der Waals surface area contributed by atoms with Gasteiger partial charge < -0.3 is 15.2 Å². The first-order valence-electron chi connectivity index (χ1n) is 11.1. The van der Waals surface area contributed by atoms with Crippen molar-refractivity contribution in [2.75, 3.05) is 30.0 Å². The lowest BCUT2D eigenvalue weighted by Gasteiger charge is -2.31. The molecular weight excluding hydrogens is 406 g/mol. The Bertz CT molecular complexity index is 1210. The Balaban J connectivity index is 1.41. The third kappa shape index (κ3) is 2.87. The topological polar surface area (TPSA) is 92.5 Å². The fourth-order valence-electron chi connectivity index (χ4n) is 5.14. The molecule has 8 nitrogen and oxygen atoms in total. The Hall–Kier alpha value is -3.23. The SMILES string of the molecule is Cc1c(C(=O)N2CCc3cccnc32)ccc2c1NC(O)c1cnc(C3CCOCC3)n1-2. The minimum atomic E-state index is -0.887. The summed E-state index contributed by atoms with van der Waals surface area (Å²) in [5, 5.41) is 14.0. The number of benzene rings is 1. The summed E-state index contributed by atoms with van der Waals surface area (Å²) < 4.78 is 7.58. The van der Waals surface area contributed by atoms with Crippen molar-refractivity contribution < 1.29 is 14.6 Å². The summed E-state index contributed by atoms with van der Waals surface area (Å²) in [5.74, 6) is 1.90. The molecule has 1 saturated heterocycles. The van der Waals surface area contributed by atoms with E-state index in [0.29, 0.717) is 12.1 Å². The molecule has 5 heterocycles. The van der Waals surface area contributed by atoms with Gasteiger partial charge in [-0.15, -0.1) is 0 Å². The largest absolute Gasteiger partial charge is 0.381 e. The van der Waals surface area contributed by atoms with E-state index < -0.39 is 6.23 Å². The highest BCUT2D eigenvalue weighted by molar-refractivity contribution is 6.08. The van der Waals surface area contributed by atoms with E-state index in [0.717, 1.165) is 72.3 Å². The smallest absolute Gasteiger partial charge is 0.259 e. The Morgan fingerprint density at radius 3 is 2.91 bits per heavy atom. The second kappa shape index (κ2) is 7.43. The maximum Gasteiger partial charge on any atom is 0.259 e. The molecule has 32 heavy (non-hydrogen) atoms. The van der Waals surface area contributed by atoms with Crippen molar-refractivity contribution in [2.45, 2.75) is 38.3 Å². The quantitative estimate of drug-likeness (QED) is 0.648. The highest BCUT2D eigenvalue weighted by Gasteiger charge is 2.33. The molecule has 164 valence electrons. The number of ether oxygens (including phenoxy) is 1. The van der Waals surface area contributed by atoms with Crippen LogP contribution in [0.3, 0.4) is 0 Å². The van der Waals surface area contributed by atoms with Crippen molar-refractivity contribution in [3.05, 3.63) is 64.9 Å². The van der Waals surface area contributed by atoms with E-state index >= 15 is 0 Å². The van der Waals surface area contributed by atoms with E-state index in [2.05, 4.69) is 19.9 Å². The number of aliphatic hydroxyl groups is 1. The molecule has 0 aliphatic carbocycles. The maximum absolute atomic E-state index is 13.5. The summed E-state index contributed by atoms with van der Waals surface area (Å²) in [4.78, 5) is 24.3. The molecule has 0 saturated carbocycles. The number of nitrogens with one attached hydrogen (secondary N) is 1. The van der Waals surface area contributed by atoms with Crippen LogP contribution < -0.4 is 10.2 Å². The number of hydrogen-bond acceptors (Lipinski definition) is 6. The third-order valence-electron chi connectivity index (χ3n) is 6.85. The number of amides is 1. The molecule has 6 rings (SSSR count). The zero-order chi connectivity index (χ0) is 21.8. The van der Waals surface area contributed by atoms with Crippen LogP contribution >= 0.6 is 0 Å². The number of aliphatic hydroxyl groups excluding tert-OH is 1. The molecule has 1 fully saturated rings. The molecule has 0 bridgehead atoms. The normalized spacial score (nSPS) is 19.8. The van der Waals surface area contributed by atoms with Crippen LogP contribution in [0.5, 0.6) is 0 Å². The summed E-state index contributed by atoms with van der Waals surface area (Å²) in [6, 6.07) is 7.76. The van der Waals surface area contributed by atoms with Crippen LogP contribution in [-0.4, -0.2) is 45.3 Å². The van der Waals surface area contributed by atoms with Crippen LogP contribution in [0.15, 0.2) is 36.7 Å². The van der Waals surface area contributed by atoms with Crippen molar-refractivity contribution in [2.24, 2.45) is 0 Å². The molecule has 8 heteroatoms. The van der Waals surface area contributed by atoms with Crippen LogP contribution in [0.1, 0.15) is 58.0 Å². The fourth-order valence-corrected chi connectivity index (χ4v) is 5.14. The molecule has 0 spiro atoms. The Morgan fingerprint density at radius 2 is 2.06 bits per heavy atom. The highest BCUT2D eigenvalue weighted by Crippen LogP contribution is 2.40. The number of carbonyl (C=O) groups is 1. The van der Waals surface area contributed by atoms with Gasteiger partial charge in [-0.05, 0) is 55.5 Å². The van der Waals surface area contributed by atoms with Gasteiger partial charge in [0, 0.05) is 37.4 Å². The molecule has 0 radical (unpaired) electrons. The predicted molar refractivity (Wildman–Crippen MR) is 119 cm³/mol. The van der Waals surface area contributed by atoms with E-state index in [1.54, 1.807) is 17.3 Å². The monoisotopic (exact) mass is 431 g/mol. The van der Waals surface area contributed by atoms with Gasteiger partial charge in [-0.1, -0.05) is 6.07 Å². The van der Waals surface area contributed by atoms with E-state index in [1.165, 1.54) is 0 Å². The molecule has 3 aliphatic rings. The van der Waals surface area contributed by atoms with Crippen LogP contribution in [0.2, 0.25) is 0 Å². The molecule has 3 aliphatic heterocycles. The first-order valence-corrected chi connectivity index (χ1v) is 11.1. The second-order valence-electron chi connectivity index (χ2n) is 8.64. The van der Waals surface area contributed by atoms with Gasteiger partial charge in [0.25, 0.3) is 5.91 Å². The number of anilines is 2. The van der Waals surface area contributed by atoms with Crippen LogP contribution in [0.25, 0.3) is 5.69 Å². The molecular formula is C24H25N5O3. The maximum atomic E-state index is 13.5. The van der Waals surface area contributed by atoms with Gasteiger partial charge >= 0.3 is 0 Å². The van der Waals surface area contributed by atoms with Gasteiger partial charge in [-0.2, -0.15) is 0 Å². The third-order valence-corrected chi connectivity index (χ3v) is 6.85. The molecule has 2 N–H and O–H groups in total. The minimum Gasteiger partial charge on any atom is -0.381 e. The van der Waals surface area contributed by atoms with Crippen molar-refractivity contribution in [3.63, 3.8) is 0 Å².